The highest BCUT2D eigenvalue weighted by molar-refractivity contribution is 7.80. The van der Waals surface area contributed by atoms with Crippen molar-refractivity contribution in [1.82, 2.24) is 5.32 Å². The molecule has 1 aliphatic rings. The molecule has 0 spiro atoms. The van der Waals surface area contributed by atoms with Crippen molar-refractivity contribution >= 4 is 22.9 Å². The van der Waals surface area contributed by atoms with Gasteiger partial charge in [0.2, 0.25) is 0 Å². The smallest absolute Gasteiger partial charge is 0.270 e. The fourth-order valence-corrected chi connectivity index (χ4v) is 2.76. The van der Waals surface area contributed by atoms with E-state index in [-0.39, 0.29) is 12.0 Å². The van der Waals surface area contributed by atoms with Crippen molar-refractivity contribution in [2.45, 2.75) is 24.0 Å². The maximum Gasteiger partial charge on any atom is 0.270 e. The van der Waals surface area contributed by atoms with Crippen molar-refractivity contribution in [3.8, 4) is 0 Å². The topological polar surface area (TPSA) is 55.2 Å². The van der Waals surface area contributed by atoms with E-state index in [9.17, 15) is 27.7 Å². The Hall–Kier alpha value is -1.77. The highest BCUT2D eigenvalue weighted by Crippen LogP contribution is 2.39. The molecule has 9 heteroatoms. The van der Waals surface area contributed by atoms with E-state index in [0.29, 0.717) is 0 Å². The summed E-state index contributed by atoms with van der Waals surface area (Å²) in [4.78, 5) is 9.47. The van der Waals surface area contributed by atoms with Gasteiger partial charge in [0.25, 0.3) is 5.69 Å². The van der Waals surface area contributed by atoms with Gasteiger partial charge in [0.15, 0.2) is 5.67 Å². The fourth-order valence-electron chi connectivity index (χ4n) is 2.41. The molecule has 0 aliphatic carbocycles. The lowest BCUT2D eigenvalue weighted by molar-refractivity contribution is -0.385. The van der Waals surface area contributed by atoms with Gasteiger partial charge in [-0.05, 0) is 18.9 Å². The molecule has 120 valence electrons. The number of hydrogen-bond acceptors (Lipinski definition) is 3. The zero-order valence-electron chi connectivity index (χ0n) is 11.2. The van der Waals surface area contributed by atoms with Gasteiger partial charge in [-0.25, -0.2) is 17.6 Å². The van der Waals surface area contributed by atoms with E-state index in [4.69, 9.17) is 12.2 Å². The summed E-state index contributed by atoms with van der Waals surface area (Å²) in [5, 5.41) is 13.1. The third-order valence-corrected chi connectivity index (χ3v) is 4.29. The van der Waals surface area contributed by atoms with Gasteiger partial charge in [0.05, 0.1) is 10.5 Å². The summed E-state index contributed by atoms with van der Waals surface area (Å²) in [5.41, 5.74) is -4.92. The van der Waals surface area contributed by atoms with E-state index >= 15 is 0 Å². The summed E-state index contributed by atoms with van der Waals surface area (Å²) in [6.45, 7) is -2.55. The summed E-state index contributed by atoms with van der Waals surface area (Å²) < 4.78 is 54.5. The van der Waals surface area contributed by atoms with Gasteiger partial charge in [-0.3, -0.25) is 10.1 Å². The summed E-state index contributed by atoms with van der Waals surface area (Å²) in [5.74, 6) is -0.884. The highest BCUT2D eigenvalue weighted by atomic mass is 32.1. The number of halogens is 4. The van der Waals surface area contributed by atoms with Crippen molar-refractivity contribution in [1.29, 1.82) is 0 Å². The summed E-state index contributed by atoms with van der Waals surface area (Å²) in [6, 6.07) is 2.65. The van der Waals surface area contributed by atoms with Gasteiger partial charge in [0.1, 0.15) is 24.2 Å². The molecule has 1 aromatic carbocycles. The number of benzene rings is 1. The number of thiocarbonyl (C=S) groups is 1. The van der Waals surface area contributed by atoms with Gasteiger partial charge in [0, 0.05) is 17.7 Å². The third-order valence-electron chi connectivity index (χ3n) is 3.82. The zero-order valence-corrected chi connectivity index (χ0v) is 12.1. The molecule has 1 aliphatic heterocycles. The Morgan fingerprint density at radius 3 is 2.50 bits per heavy atom. The maximum atomic E-state index is 14.1. The average Bonchev–Trinajstić information content (AvgIpc) is 2.50. The molecule has 0 saturated carbocycles. The standard InChI is InChI=1S/C13H12F4N2O2S/c14-6-12(17)3-4-13(7-15,18-11(12)22)9-5-8(19(20)21)1-2-10(9)16/h1-2,5H,3-4,6-7H2,(H,18,22)/t12?,13-/m1/s1. The van der Waals surface area contributed by atoms with Gasteiger partial charge in [-0.15, -0.1) is 0 Å². The lowest BCUT2D eigenvalue weighted by Gasteiger charge is -2.42. The minimum atomic E-state index is -2.43. The Kier molecular flexibility index (Phi) is 4.37. The van der Waals surface area contributed by atoms with Crippen LogP contribution in [0.1, 0.15) is 18.4 Å². The molecule has 1 heterocycles. The minimum Gasteiger partial charge on any atom is -0.365 e. The molecule has 0 radical (unpaired) electrons. The Labute approximate surface area is 128 Å². The monoisotopic (exact) mass is 336 g/mol. The molecule has 0 bridgehead atoms. The second kappa shape index (κ2) is 5.79. The highest BCUT2D eigenvalue weighted by Gasteiger charge is 2.49. The average molecular weight is 336 g/mol. The number of hydrogen-bond donors (Lipinski definition) is 1. The Bertz CT molecular complexity index is 630. The number of nitro benzene ring substituents is 1. The Morgan fingerprint density at radius 1 is 1.32 bits per heavy atom. The van der Waals surface area contributed by atoms with Crippen molar-refractivity contribution < 1.29 is 22.5 Å². The minimum absolute atomic E-state index is 0.290. The number of nitro groups is 1. The largest absolute Gasteiger partial charge is 0.365 e. The first-order valence-electron chi connectivity index (χ1n) is 6.36. The van der Waals surface area contributed by atoms with Crippen LogP contribution in [0.3, 0.4) is 0 Å². The molecule has 0 amide bonds. The second-order valence-corrected chi connectivity index (χ2v) is 5.60. The number of nitrogens with one attached hydrogen (secondary N) is 1. The van der Waals surface area contributed by atoms with Gasteiger partial charge in [-0.1, -0.05) is 12.2 Å². The molecule has 1 aromatic rings. The SMILES string of the molecule is O=[N+]([O-])c1ccc(F)c([C@]2(CF)CCC(F)(CF)C(=S)N2)c1. The normalized spacial score (nSPS) is 28.3. The van der Waals surface area contributed by atoms with Crippen LogP contribution in [0.5, 0.6) is 0 Å². The van der Waals surface area contributed by atoms with Gasteiger partial charge in [-0.2, -0.15) is 0 Å². The molecule has 1 saturated heterocycles. The molecular formula is C13H12F4N2O2S. The third kappa shape index (κ3) is 2.65. The molecule has 2 atom stereocenters. The van der Waals surface area contributed by atoms with Crippen molar-refractivity contribution in [2.75, 3.05) is 13.3 Å². The van der Waals surface area contributed by atoms with E-state index in [2.05, 4.69) is 5.32 Å². The molecular weight excluding hydrogens is 324 g/mol. The molecule has 1 unspecified atom stereocenters. The van der Waals surface area contributed by atoms with Crippen LogP contribution in [0, 0.1) is 15.9 Å². The molecule has 4 nitrogen and oxygen atoms in total. The predicted molar refractivity (Wildman–Crippen MR) is 75.5 cm³/mol. The first-order chi connectivity index (χ1) is 10.3. The van der Waals surface area contributed by atoms with E-state index in [1.165, 1.54) is 0 Å². The maximum absolute atomic E-state index is 14.1. The zero-order chi connectivity index (χ0) is 16.5. The first-order valence-corrected chi connectivity index (χ1v) is 6.77. The van der Waals surface area contributed by atoms with Crippen LogP contribution in [0.25, 0.3) is 0 Å². The number of piperidine rings is 1. The number of nitrogens with zero attached hydrogens (tertiary/aromatic N) is 1. The molecule has 1 fully saturated rings. The molecule has 22 heavy (non-hydrogen) atoms. The van der Waals surface area contributed by atoms with E-state index in [0.717, 1.165) is 18.2 Å². The lowest BCUT2D eigenvalue weighted by atomic mass is 9.78. The van der Waals surface area contributed by atoms with E-state index < -0.39 is 52.4 Å². The molecule has 2 rings (SSSR count). The van der Waals surface area contributed by atoms with Crippen LogP contribution < -0.4 is 5.32 Å². The molecule has 1 N–H and O–H groups in total. The summed E-state index contributed by atoms with van der Waals surface area (Å²) >= 11 is 4.73. The Morgan fingerprint density at radius 2 is 2.00 bits per heavy atom. The van der Waals surface area contributed by atoms with Crippen molar-refractivity contribution in [3.63, 3.8) is 0 Å². The summed E-state index contributed by atoms with van der Waals surface area (Å²) in [7, 11) is 0. The van der Waals surface area contributed by atoms with Crippen LogP contribution in [0.15, 0.2) is 18.2 Å². The summed E-state index contributed by atoms with van der Waals surface area (Å²) in [6.07, 6.45) is -0.733. The number of alkyl halides is 3. The fraction of sp³-hybridized carbons (Fsp3) is 0.462. The van der Waals surface area contributed by atoms with Crippen molar-refractivity contribution in [3.05, 3.63) is 39.7 Å². The van der Waals surface area contributed by atoms with Crippen LogP contribution in [0.4, 0.5) is 23.2 Å². The van der Waals surface area contributed by atoms with Gasteiger partial charge < -0.3 is 5.32 Å². The number of rotatable bonds is 4. The van der Waals surface area contributed by atoms with Crippen LogP contribution in [-0.4, -0.2) is 28.9 Å². The Balaban J connectivity index is 2.47. The van der Waals surface area contributed by atoms with Crippen molar-refractivity contribution in [2.24, 2.45) is 0 Å². The number of non-ortho nitro benzene ring substituents is 1. The lowest BCUT2D eigenvalue weighted by Crippen LogP contribution is -2.60. The van der Waals surface area contributed by atoms with Crippen LogP contribution in [0.2, 0.25) is 0 Å². The first kappa shape index (κ1) is 16.6. The van der Waals surface area contributed by atoms with E-state index in [1.807, 2.05) is 0 Å². The quantitative estimate of drug-likeness (QED) is 0.397. The van der Waals surface area contributed by atoms with E-state index in [1.54, 1.807) is 0 Å². The van der Waals surface area contributed by atoms with Crippen LogP contribution >= 0.6 is 12.2 Å². The second-order valence-electron chi connectivity index (χ2n) is 5.19. The predicted octanol–water partition coefficient (Wildman–Crippen LogP) is 3.29. The van der Waals surface area contributed by atoms with Crippen LogP contribution in [-0.2, 0) is 5.54 Å². The molecule has 0 aromatic heterocycles. The van der Waals surface area contributed by atoms with Gasteiger partial charge >= 0.3 is 0 Å².